The van der Waals surface area contributed by atoms with E-state index in [2.05, 4.69) is 34.6 Å². The van der Waals surface area contributed by atoms with Crippen LogP contribution in [0, 0.1) is 0 Å². The Labute approximate surface area is 113 Å². The number of rotatable bonds is 3. The highest BCUT2D eigenvalue weighted by Crippen LogP contribution is 2.29. The lowest BCUT2D eigenvalue weighted by atomic mass is 9.97. The van der Waals surface area contributed by atoms with Gasteiger partial charge in [-0.2, -0.15) is 0 Å². The first kappa shape index (κ1) is 12.2. The van der Waals surface area contributed by atoms with Crippen LogP contribution in [0.1, 0.15) is 24.5 Å². The van der Waals surface area contributed by atoms with Crippen LogP contribution in [0.5, 0.6) is 0 Å². The molecule has 19 heavy (non-hydrogen) atoms. The highest BCUT2D eigenvalue weighted by atomic mass is 16.5. The minimum atomic E-state index is 0.191. The molecule has 0 amide bonds. The summed E-state index contributed by atoms with van der Waals surface area (Å²) in [6.07, 6.45) is 4.02. The van der Waals surface area contributed by atoms with Crippen LogP contribution in [0.2, 0.25) is 0 Å². The van der Waals surface area contributed by atoms with Crippen molar-refractivity contribution < 1.29 is 4.74 Å². The van der Waals surface area contributed by atoms with Crippen LogP contribution in [0.3, 0.4) is 0 Å². The van der Waals surface area contributed by atoms with Crippen LogP contribution in [-0.4, -0.2) is 17.6 Å². The molecule has 2 atom stereocenters. The second-order valence-electron chi connectivity index (χ2n) is 4.85. The lowest BCUT2D eigenvalue weighted by Gasteiger charge is -2.30. The molecule has 3 heteroatoms. The van der Waals surface area contributed by atoms with Gasteiger partial charge in [0.15, 0.2) is 0 Å². The minimum absolute atomic E-state index is 0.191. The van der Waals surface area contributed by atoms with Crippen LogP contribution in [0.25, 0.3) is 0 Å². The van der Waals surface area contributed by atoms with Gasteiger partial charge in [0.2, 0.25) is 0 Å². The molecule has 0 radical (unpaired) electrons. The maximum absolute atomic E-state index is 5.87. The van der Waals surface area contributed by atoms with E-state index in [4.69, 9.17) is 4.74 Å². The molecular formula is C16H18N2O. The molecular weight excluding hydrogens is 236 g/mol. The largest absolute Gasteiger partial charge is 0.373 e. The summed E-state index contributed by atoms with van der Waals surface area (Å²) in [6, 6.07) is 16.8. The lowest BCUT2D eigenvalue weighted by molar-refractivity contribution is 0.00975. The Morgan fingerprint density at radius 2 is 1.89 bits per heavy atom. The van der Waals surface area contributed by atoms with Crippen LogP contribution in [-0.2, 0) is 4.74 Å². The van der Waals surface area contributed by atoms with Crippen LogP contribution in [0.15, 0.2) is 54.7 Å². The van der Waals surface area contributed by atoms with E-state index >= 15 is 0 Å². The molecule has 0 saturated carbocycles. The zero-order valence-electron chi connectivity index (χ0n) is 10.8. The van der Waals surface area contributed by atoms with Crippen molar-refractivity contribution in [2.45, 2.75) is 25.0 Å². The van der Waals surface area contributed by atoms with Crippen molar-refractivity contribution in [1.29, 1.82) is 0 Å². The molecule has 1 aromatic carbocycles. The molecule has 0 bridgehead atoms. The molecule has 1 aromatic heterocycles. The Kier molecular flexibility index (Phi) is 3.75. The number of hydrogen-bond donors (Lipinski definition) is 1. The van der Waals surface area contributed by atoms with Gasteiger partial charge in [-0.05, 0) is 30.5 Å². The number of nitrogens with zero attached hydrogens (tertiary/aromatic N) is 1. The van der Waals surface area contributed by atoms with E-state index in [1.807, 2.05) is 30.5 Å². The quantitative estimate of drug-likeness (QED) is 0.911. The molecule has 0 aliphatic carbocycles. The minimum Gasteiger partial charge on any atom is -0.373 e. The molecule has 2 aromatic rings. The summed E-state index contributed by atoms with van der Waals surface area (Å²) in [5.41, 5.74) is 1.26. The standard InChI is InChI=1S/C16H18N2O/c1-2-6-13(7-3-1)15-12-14(9-11-19-15)18-16-8-4-5-10-17-16/h1-8,10,14-15H,9,11-12H2,(H,17,18). The first-order valence-electron chi connectivity index (χ1n) is 6.76. The predicted molar refractivity (Wildman–Crippen MR) is 76.0 cm³/mol. The predicted octanol–water partition coefficient (Wildman–Crippen LogP) is 3.41. The smallest absolute Gasteiger partial charge is 0.126 e. The van der Waals surface area contributed by atoms with Gasteiger partial charge in [0, 0.05) is 18.8 Å². The number of aromatic nitrogens is 1. The molecule has 1 aliphatic heterocycles. The first-order valence-corrected chi connectivity index (χ1v) is 6.76. The number of nitrogens with one attached hydrogen (secondary N) is 1. The first-order chi connectivity index (χ1) is 9.42. The number of anilines is 1. The zero-order valence-corrected chi connectivity index (χ0v) is 10.8. The van der Waals surface area contributed by atoms with Crippen molar-refractivity contribution in [3.05, 3.63) is 60.3 Å². The Balaban J connectivity index is 1.65. The molecule has 3 nitrogen and oxygen atoms in total. The molecule has 1 aliphatic rings. The summed E-state index contributed by atoms with van der Waals surface area (Å²) in [5, 5.41) is 3.49. The SMILES string of the molecule is c1ccc(C2CC(Nc3ccccn3)CCO2)cc1. The van der Waals surface area contributed by atoms with Crippen molar-refractivity contribution >= 4 is 5.82 Å². The van der Waals surface area contributed by atoms with E-state index in [0.717, 1.165) is 25.3 Å². The second kappa shape index (κ2) is 5.85. The van der Waals surface area contributed by atoms with E-state index in [9.17, 15) is 0 Å². The van der Waals surface area contributed by atoms with E-state index in [-0.39, 0.29) is 6.10 Å². The highest BCUT2D eigenvalue weighted by molar-refractivity contribution is 5.34. The van der Waals surface area contributed by atoms with Crippen LogP contribution >= 0.6 is 0 Å². The molecule has 1 saturated heterocycles. The lowest BCUT2D eigenvalue weighted by Crippen LogP contribution is -2.30. The molecule has 98 valence electrons. The second-order valence-corrected chi connectivity index (χ2v) is 4.85. The third kappa shape index (κ3) is 3.12. The molecule has 0 spiro atoms. The molecule has 2 heterocycles. The van der Waals surface area contributed by atoms with Crippen molar-refractivity contribution in [2.24, 2.45) is 0 Å². The van der Waals surface area contributed by atoms with Gasteiger partial charge in [-0.25, -0.2) is 4.98 Å². The van der Waals surface area contributed by atoms with Crippen LogP contribution < -0.4 is 5.32 Å². The summed E-state index contributed by atoms with van der Waals surface area (Å²) in [5.74, 6) is 0.946. The van der Waals surface area contributed by atoms with E-state index in [1.165, 1.54) is 5.56 Å². The van der Waals surface area contributed by atoms with Crippen molar-refractivity contribution in [2.75, 3.05) is 11.9 Å². The van der Waals surface area contributed by atoms with Gasteiger partial charge in [-0.1, -0.05) is 36.4 Å². The van der Waals surface area contributed by atoms with Crippen molar-refractivity contribution in [3.8, 4) is 0 Å². The van der Waals surface area contributed by atoms with Gasteiger partial charge in [0.1, 0.15) is 5.82 Å². The van der Waals surface area contributed by atoms with Gasteiger partial charge in [0.05, 0.1) is 6.10 Å². The van der Waals surface area contributed by atoms with E-state index < -0.39 is 0 Å². The van der Waals surface area contributed by atoms with E-state index in [0.29, 0.717) is 6.04 Å². The van der Waals surface area contributed by atoms with Crippen molar-refractivity contribution in [1.82, 2.24) is 4.98 Å². The topological polar surface area (TPSA) is 34.2 Å². The van der Waals surface area contributed by atoms with Crippen molar-refractivity contribution in [3.63, 3.8) is 0 Å². The van der Waals surface area contributed by atoms with Gasteiger partial charge >= 0.3 is 0 Å². The van der Waals surface area contributed by atoms with E-state index in [1.54, 1.807) is 0 Å². The third-order valence-electron chi connectivity index (χ3n) is 3.47. The summed E-state index contributed by atoms with van der Waals surface area (Å²) in [6.45, 7) is 0.796. The fraction of sp³-hybridized carbons (Fsp3) is 0.312. The summed E-state index contributed by atoms with van der Waals surface area (Å²) in [4.78, 5) is 4.32. The van der Waals surface area contributed by atoms with Gasteiger partial charge < -0.3 is 10.1 Å². The molecule has 3 rings (SSSR count). The monoisotopic (exact) mass is 254 g/mol. The molecule has 1 fully saturated rings. The molecule has 2 unspecified atom stereocenters. The van der Waals surface area contributed by atoms with Gasteiger partial charge in [-0.15, -0.1) is 0 Å². The Hall–Kier alpha value is -1.87. The highest BCUT2D eigenvalue weighted by Gasteiger charge is 2.23. The fourth-order valence-corrected chi connectivity index (χ4v) is 2.49. The zero-order chi connectivity index (χ0) is 12.9. The van der Waals surface area contributed by atoms with Crippen LogP contribution in [0.4, 0.5) is 5.82 Å². The van der Waals surface area contributed by atoms with Gasteiger partial charge in [0.25, 0.3) is 0 Å². The fourth-order valence-electron chi connectivity index (χ4n) is 2.49. The Morgan fingerprint density at radius 3 is 2.68 bits per heavy atom. The third-order valence-corrected chi connectivity index (χ3v) is 3.47. The number of pyridine rings is 1. The average molecular weight is 254 g/mol. The number of hydrogen-bond acceptors (Lipinski definition) is 3. The number of benzene rings is 1. The number of ether oxygens (including phenoxy) is 1. The summed E-state index contributed by atoms with van der Waals surface area (Å²) in [7, 11) is 0. The maximum atomic E-state index is 5.87. The normalized spacial score (nSPS) is 22.9. The maximum Gasteiger partial charge on any atom is 0.126 e. The summed E-state index contributed by atoms with van der Waals surface area (Å²) < 4.78 is 5.87. The average Bonchev–Trinajstić information content (AvgIpc) is 2.49. The van der Waals surface area contributed by atoms with Gasteiger partial charge in [-0.3, -0.25) is 0 Å². The summed E-state index contributed by atoms with van der Waals surface area (Å²) >= 11 is 0. The Morgan fingerprint density at radius 1 is 1.05 bits per heavy atom. The Bertz CT molecular complexity index is 501. The molecule has 1 N–H and O–H groups in total.